The van der Waals surface area contributed by atoms with Crippen LogP contribution in [0, 0.1) is 11.6 Å². The molecule has 0 atom stereocenters. The minimum absolute atomic E-state index is 0.213. The first-order valence-corrected chi connectivity index (χ1v) is 4.21. The maximum Gasteiger partial charge on any atom is 0.142 e. The van der Waals surface area contributed by atoms with Crippen LogP contribution in [-0.4, -0.2) is 6.29 Å². The van der Waals surface area contributed by atoms with Gasteiger partial charge in [0, 0.05) is 10.0 Å². The molecular weight excluding hydrogens is 242 g/mol. The summed E-state index contributed by atoms with van der Waals surface area (Å²) >= 11 is 2.94. The van der Waals surface area contributed by atoms with Crippen LogP contribution >= 0.6 is 15.9 Å². The molecule has 1 aromatic rings. The molecule has 1 rings (SSSR count). The number of halogens is 3. The summed E-state index contributed by atoms with van der Waals surface area (Å²) in [6, 6.07) is 2.26. The minimum atomic E-state index is -0.704. The van der Waals surface area contributed by atoms with E-state index in [0.29, 0.717) is 10.8 Å². The summed E-state index contributed by atoms with van der Waals surface area (Å²) in [5.74, 6) is -1.41. The third-order valence-corrected chi connectivity index (χ3v) is 1.84. The summed E-state index contributed by atoms with van der Waals surface area (Å²) in [5, 5.41) is 0. The van der Waals surface area contributed by atoms with Crippen LogP contribution in [0.15, 0.2) is 22.7 Å². The lowest BCUT2D eigenvalue weighted by atomic mass is 10.2. The molecule has 0 radical (unpaired) electrons. The van der Waals surface area contributed by atoms with Crippen LogP contribution in [0.3, 0.4) is 0 Å². The van der Waals surface area contributed by atoms with Gasteiger partial charge in [-0.25, -0.2) is 8.78 Å². The van der Waals surface area contributed by atoms with Gasteiger partial charge in [-0.2, -0.15) is 0 Å². The predicted octanol–water partition coefficient (Wildman–Crippen LogP) is 2.94. The summed E-state index contributed by atoms with van der Waals surface area (Å²) in [6.07, 6.45) is 2.58. The maximum absolute atomic E-state index is 13.0. The first kappa shape index (κ1) is 10.1. The number of hydrogen-bond donors (Lipinski definition) is 0. The van der Waals surface area contributed by atoms with Gasteiger partial charge >= 0.3 is 0 Å². The fourth-order valence-electron chi connectivity index (χ4n) is 0.848. The lowest BCUT2D eigenvalue weighted by molar-refractivity contribution is -0.104. The molecule has 0 spiro atoms. The van der Waals surface area contributed by atoms with Crippen LogP contribution < -0.4 is 0 Å². The van der Waals surface area contributed by atoms with Crippen molar-refractivity contribution in [3.8, 4) is 0 Å². The van der Waals surface area contributed by atoms with E-state index in [0.717, 1.165) is 24.3 Å². The molecule has 4 heteroatoms. The van der Waals surface area contributed by atoms with Crippen LogP contribution in [0.25, 0.3) is 6.08 Å². The van der Waals surface area contributed by atoms with Crippen molar-refractivity contribution in [2.24, 2.45) is 0 Å². The lowest BCUT2D eigenvalue weighted by Crippen LogP contribution is -1.88. The third kappa shape index (κ3) is 2.45. The van der Waals surface area contributed by atoms with Gasteiger partial charge < -0.3 is 0 Å². The van der Waals surface area contributed by atoms with E-state index in [9.17, 15) is 13.6 Å². The Kier molecular flexibility index (Phi) is 3.31. The van der Waals surface area contributed by atoms with Gasteiger partial charge in [-0.1, -0.05) is 15.9 Å². The highest BCUT2D eigenvalue weighted by molar-refractivity contribution is 9.10. The normalized spacial score (nSPS) is 10.7. The number of rotatable bonds is 2. The van der Waals surface area contributed by atoms with E-state index >= 15 is 0 Å². The lowest BCUT2D eigenvalue weighted by Gasteiger charge is -1.99. The van der Waals surface area contributed by atoms with Crippen LogP contribution in [0.2, 0.25) is 0 Å². The standard InChI is InChI=1S/C9H5BrF2O/c10-6-4-8(11)7(2-1-3-13)9(12)5-6/h1-5H/b2-1+. The van der Waals surface area contributed by atoms with Gasteiger partial charge in [0.1, 0.15) is 17.9 Å². The Labute approximate surface area is 82.2 Å². The molecule has 1 aromatic carbocycles. The molecule has 0 bridgehead atoms. The van der Waals surface area contributed by atoms with Crippen molar-refractivity contribution in [1.82, 2.24) is 0 Å². The molecule has 1 nitrogen and oxygen atoms in total. The summed E-state index contributed by atoms with van der Waals surface area (Å²) in [7, 11) is 0. The Bertz CT molecular complexity index is 338. The summed E-state index contributed by atoms with van der Waals surface area (Å²) in [5.41, 5.74) is -0.213. The highest BCUT2D eigenvalue weighted by atomic mass is 79.9. The van der Waals surface area contributed by atoms with Gasteiger partial charge in [-0.05, 0) is 24.3 Å². The second-order valence-corrected chi connectivity index (χ2v) is 3.19. The zero-order valence-corrected chi connectivity index (χ0v) is 8.01. The van der Waals surface area contributed by atoms with Gasteiger partial charge in [-0.3, -0.25) is 4.79 Å². The van der Waals surface area contributed by atoms with Gasteiger partial charge in [0.15, 0.2) is 0 Å². The summed E-state index contributed by atoms with van der Waals surface area (Å²) in [4.78, 5) is 9.93. The van der Waals surface area contributed by atoms with Crippen LogP contribution in [0.4, 0.5) is 8.78 Å². The molecular formula is C9H5BrF2O. The van der Waals surface area contributed by atoms with E-state index in [1.807, 2.05) is 0 Å². The molecule has 68 valence electrons. The van der Waals surface area contributed by atoms with Crippen molar-refractivity contribution in [1.29, 1.82) is 0 Å². The van der Waals surface area contributed by atoms with E-state index in [4.69, 9.17) is 0 Å². The monoisotopic (exact) mass is 246 g/mol. The maximum atomic E-state index is 13.0. The molecule has 0 unspecified atom stereocenters. The van der Waals surface area contributed by atoms with Crippen LogP contribution in [-0.2, 0) is 4.79 Å². The highest BCUT2D eigenvalue weighted by Gasteiger charge is 2.06. The quantitative estimate of drug-likeness (QED) is 0.580. The van der Waals surface area contributed by atoms with E-state index in [1.165, 1.54) is 0 Å². The Morgan fingerprint density at radius 1 is 1.23 bits per heavy atom. The Hall–Kier alpha value is -1.03. The van der Waals surface area contributed by atoms with Gasteiger partial charge in [-0.15, -0.1) is 0 Å². The molecule has 0 N–H and O–H groups in total. The smallest absolute Gasteiger partial charge is 0.142 e. The zero-order valence-electron chi connectivity index (χ0n) is 6.43. The largest absolute Gasteiger partial charge is 0.299 e. The average molecular weight is 247 g/mol. The van der Waals surface area contributed by atoms with Gasteiger partial charge in [0.25, 0.3) is 0 Å². The molecule has 0 heterocycles. The molecule has 13 heavy (non-hydrogen) atoms. The van der Waals surface area contributed by atoms with Crippen LogP contribution in [0.1, 0.15) is 5.56 Å². The van der Waals surface area contributed by atoms with Gasteiger partial charge in [0.05, 0.1) is 0 Å². The fourth-order valence-corrected chi connectivity index (χ4v) is 1.25. The van der Waals surface area contributed by atoms with E-state index in [1.54, 1.807) is 0 Å². The number of carbonyl (C=O) groups excluding carboxylic acids is 1. The summed E-state index contributed by atoms with van der Waals surface area (Å²) < 4.78 is 26.3. The van der Waals surface area contributed by atoms with E-state index in [2.05, 4.69) is 15.9 Å². The average Bonchev–Trinajstić information content (AvgIpc) is 2.02. The second-order valence-electron chi connectivity index (χ2n) is 2.28. The molecule has 0 aromatic heterocycles. The second kappa shape index (κ2) is 4.28. The molecule has 0 aliphatic heterocycles. The Balaban J connectivity index is 3.20. The number of aldehydes is 1. The topological polar surface area (TPSA) is 17.1 Å². The molecule has 0 aliphatic carbocycles. The zero-order chi connectivity index (χ0) is 9.84. The van der Waals surface area contributed by atoms with Crippen molar-refractivity contribution < 1.29 is 13.6 Å². The van der Waals surface area contributed by atoms with Crippen molar-refractivity contribution in [3.05, 3.63) is 39.9 Å². The number of benzene rings is 1. The SMILES string of the molecule is O=C/C=C/c1c(F)cc(Br)cc1F. The Morgan fingerprint density at radius 3 is 2.23 bits per heavy atom. The van der Waals surface area contributed by atoms with Crippen molar-refractivity contribution in [2.45, 2.75) is 0 Å². The van der Waals surface area contributed by atoms with Gasteiger partial charge in [0.2, 0.25) is 0 Å². The third-order valence-electron chi connectivity index (χ3n) is 1.39. The molecule has 0 aliphatic rings. The predicted molar refractivity (Wildman–Crippen MR) is 49.2 cm³/mol. The molecule has 0 fully saturated rings. The first-order chi connectivity index (χ1) is 6.15. The van der Waals surface area contributed by atoms with Crippen LogP contribution in [0.5, 0.6) is 0 Å². The van der Waals surface area contributed by atoms with E-state index in [-0.39, 0.29) is 5.56 Å². The molecule has 0 saturated carbocycles. The van der Waals surface area contributed by atoms with Crippen molar-refractivity contribution in [3.63, 3.8) is 0 Å². The first-order valence-electron chi connectivity index (χ1n) is 3.41. The number of carbonyl (C=O) groups is 1. The summed E-state index contributed by atoms with van der Waals surface area (Å²) in [6.45, 7) is 0. The molecule has 0 saturated heterocycles. The minimum Gasteiger partial charge on any atom is -0.299 e. The Morgan fingerprint density at radius 2 is 1.77 bits per heavy atom. The van der Waals surface area contributed by atoms with Crippen molar-refractivity contribution >= 4 is 28.3 Å². The fraction of sp³-hybridized carbons (Fsp3) is 0. The number of allylic oxidation sites excluding steroid dienone is 1. The number of hydrogen-bond acceptors (Lipinski definition) is 1. The highest BCUT2D eigenvalue weighted by Crippen LogP contribution is 2.20. The molecule has 0 amide bonds. The van der Waals surface area contributed by atoms with Crippen molar-refractivity contribution in [2.75, 3.05) is 0 Å². The van der Waals surface area contributed by atoms with E-state index < -0.39 is 11.6 Å².